The van der Waals surface area contributed by atoms with E-state index in [0.717, 1.165) is 103 Å². The lowest BCUT2D eigenvalue weighted by Gasteiger charge is -2.49. The number of hydrogen-bond donors (Lipinski definition) is 11. The van der Waals surface area contributed by atoms with Crippen molar-refractivity contribution in [2.45, 2.75) is 401 Å². The van der Waals surface area contributed by atoms with E-state index in [2.05, 4.69) is 45.1 Å². The van der Waals surface area contributed by atoms with E-state index in [1.54, 1.807) is 0 Å². The van der Waals surface area contributed by atoms with E-state index in [1.807, 2.05) is 0 Å². The van der Waals surface area contributed by atoms with Crippen molar-refractivity contribution in [3.05, 3.63) is 24.3 Å². The molecule has 18 unspecified atom stereocenters. The number of allylic oxidation sites excluding steroid dienone is 4. The minimum Gasteiger partial charge on any atom is -0.463 e. The Labute approximate surface area is 592 Å². The minimum atomic E-state index is -5.70. The maximum absolute atomic E-state index is 14.3. The normalized spacial score (nSPS) is 27.6. The second-order valence-corrected chi connectivity index (χ2v) is 29.1. The molecule has 0 amide bonds. The fraction of sp³-hybridized carbons (Fsp3) is 0.905. The summed E-state index contributed by atoms with van der Waals surface area (Å²) in [5.74, 6) is -2.01. The first kappa shape index (κ1) is 90.7. The number of carbonyl (C=O) groups excluding carboxylic acids is 3. The molecule has 3 rings (SSSR count). The van der Waals surface area contributed by atoms with E-state index in [-0.39, 0.29) is 19.3 Å². The van der Waals surface area contributed by atoms with Gasteiger partial charge in [0.05, 0.1) is 13.2 Å². The first-order valence-corrected chi connectivity index (χ1v) is 40.1. The number of unbranched alkanes of at least 4 members (excludes halogenated alkanes) is 35. The SMILES string of the molecule is CCCCCC/C=C\CCCCCCCCCC(=O)OCC1OC(OC2C(O)C(O)C(O)C(OC3OC(CO)C(O)C(O)C3O)C2OP(=O)(O)OCC(COC(=O)CCCCCCCCCCCCCCCCCC)OC(=O)CCCCC/C=C\CCCCCCCC)C(O)C(O)C1O. The van der Waals surface area contributed by atoms with Crippen molar-refractivity contribution < 1.29 is 117 Å². The van der Waals surface area contributed by atoms with Crippen LogP contribution in [0.2, 0.25) is 0 Å². The van der Waals surface area contributed by atoms with E-state index in [4.69, 9.17) is 42.2 Å². The highest BCUT2D eigenvalue weighted by Crippen LogP contribution is 2.49. The number of phosphoric ester groups is 1. The van der Waals surface area contributed by atoms with Crippen LogP contribution in [0.4, 0.5) is 0 Å². The second kappa shape index (κ2) is 55.9. The summed E-state index contributed by atoms with van der Waals surface area (Å²) in [5, 5.41) is 110. The Bertz CT molecular complexity index is 2140. The molecule has 2 aliphatic heterocycles. The summed E-state index contributed by atoms with van der Waals surface area (Å²) < 4.78 is 65.0. The van der Waals surface area contributed by atoms with Gasteiger partial charge in [0, 0.05) is 19.3 Å². The van der Waals surface area contributed by atoms with E-state index in [1.165, 1.54) is 128 Å². The van der Waals surface area contributed by atoms with E-state index < -0.39 is 156 Å². The zero-order valence-electron chi connectivity index (χ0n) is 60.5. The molecule has 0 bridgehead atoms. The molecule has 0 radical (unpaired) electrons. The van der Waals surface area contributed by atoms with Crippen molar-refractivity contribution in [3.63, 3.8) is 0 Å². The number of esters is 3. The van der Waals surface area contributed by atoms with Gasteiger partial charge in [0.2, 0.25) is 0 Å². The quantitative estimate of drug-likeness (QED) is 0.00886. The van der Waals surface area contributed by atoms with Gasteiger partial charge in [-0.15, -0.1) is 0 Å². The van der Waals surface area contributed by atoms with Gasteiger partial charge in [-0.3, -0.25) is 23.4 Å². The van der Waals surface area contributed by atoms with Gasteiger partial charge in [-0.1, -0.05) is 231 Å². The summed E-state index contributed by atoms with van der Waals surface area (Å²) in [4.78, 5) is 51.0. The number of phosphoric acid groups is 1. The minimum absolute atomic E-state index is 0.0230. The largest absolute Gasteiger partial charge is 0.472 e. The predicted octanol–water partition coefficient (Wildman–Crippen LogP) is 10.9. The topological polar surface area (TPSA) is 374 Å². The number of aliphatic hydroxyl groups excluding tert-OH is 10. The average molecular weight is 1440 g/mol. The lowest BCUT2D eigenvalue weighted by molar-refractivity contribution is -0.360. The molecule has 18 atom stereocenters. The molecule has 3 fully saturated rings. The molecule has 3 aliphatic rings. The molecular formula is C74H135O24P. The number of carbonyl (C=O) groups is 3. The van der Waals surface area contributed by atoms with E-state index in [9.17, 15) is 74.9 Å². The highest BCUT2D eigenvalue weighted by atomic mass is 31.2. The van der Waals surface area contributed by atoms with Gasteiger partial charge in [0.15, 0.2) is 18.7 Å². The van der Waals surface area contributed by atoms with Gasteiger partial charge in [0.1, 0.15) is 98.7 Å². The highest BCUT2D eigenvalue weighted by molar-refractivity contribution is 7.47. The molecule has 25 heteroatoms. The van der Waals surface area contributed by atoms with Crippen molar-refractivity contribution in [1.82, 2.24) is 0 Å². The molecule has 1 aliphatic carbocycles. The smallest absolute Gasteiger partial charge is 0.463 e. The Hall–Kier alpha value is -2.56. The molecular weight excluding hydrogens is 1300 g/mol. The van der Waals surface area contributed by atoms with Crippen molar-refractivity contribution in [2.24, 2.45) is 0 Å². The summed E-state index contributed by atoms with van der Waals surface area (Å²) in [6, 6.07) is 0. The third kappa shape index (κ3) is 38.9. The second-order valence-electron chi connectivity index (χ2n) is 27.7. The van der Waals surface area contributed by atoms with Crippen LogP contribution in [0, 0.1) is 0 Å². The van der Waals surface area contributed by atoms with Crippen LogP contribution in [0.5, 0.6) is 0 Å². The van der Waals surface area contributed by atoms with Crippen LogP contribution in [0.3, 0.4) is 0 Å². The van der Waals surface area contributed by atoms with Crippen molar-refractivity contribution in [2.75, 3.05) is 26.4 Å². The maximum atomic E-state index is 14.3. The van der Waals surface area contributed by atoms with Gasteiger partial charge in [-0.25, -0.2) is 4.57 Å². The molecule has 580 valence electrons. The molecule has 99 heavy (non-hydrogen) atoms. The Morgan fingerprint density at radius 2 is 0.707 bits per heavy atom. The van der Waals surface area contributed by atoms with Crippen LogP contribution in [0.1, 0.15) is 297 Å². The monoisotopic (exact) mass is 1440 g/mol. The highest BCUT2D eigenvalue weighted by Gasteiger charge is 2.58. The van der Waals surface area contributed by atoms with Gasteiger partial charge in [-0.05, 0) is 70.6 Å². The van der Waals surface area contributed by atoms with E-state index in [0.29, 0.717) is 25.7 Å². The molecule has 0 spiro atoms. The first-order chi connectivity index (χ1) is 47.8. The zero-order chi connectivity index (χ0) is 72.5. The van der Waals surface area contributed by atoms with Crippen molar-refractivity contribution in [3.8, 4) is 0 Å². The van der Waals surface area contributed by atoms with Crippen LogP contribution in [-0.4, -0.2) is 204 Å². The number of aliphatic hydroxyl groups is 10. The maximum Gasteiger partial charge on any atom is 0.472 e. The number of ether oxygens (including phenoxy) is 7. The fourth-order valence-electron chi connectivity index (χ4n) is 12.6. The predicted molar refractivity (Wildman–Crippen MR) is 374 cm³/mol. The van der Waals surface area contributed by atoms with Gasteiger partial charge in [0.25, 0.3) is 0 Å². The van der Waals surface area contributed by atoms with Crippen LogP contribution in [-0.2, 0) is 61.2 Å². The Morgan fingerprint density at radius 1 is 0.384 bits per heavy atom. The third-order valence-corrected chi connectivity index (χ3v) is 19.9. The summed E-state index contributed by atoms with van der Waals surface area (Å²) in [7, 11) is -5.70. The Balaban J connectivity index is 1.72. The standard InChI is InChI=1S/C74H135O24P/c1-4-7-10-13-16-19-22-25-27-29-32-33-36-39-42-45-48-58(76)90-52-55(93-60(78)50-47-44-41-38-35-30-24-21-18-15-12-9-6-3)53-92-99(88,89)98-72-70(96-73-68(86)63(81)61(79)56(51-75)94-73)66(84)65(83)67(85)71(72)97-74-69(87)64(82)62(80)57(95-74)54-91-59(77)49-46-43-40-37-34-31-28-26-23-20-17-14-11-8-5-2/h20,23,30,35,55-57,61-75,79-87H,4-19,21-22,24-29,31-34,36-54H2,1-3H3,(H,88,89)/b23-20-,35-30-. The molecule has 0 aromatic heterocycles. The van der Waals surface area contributed by atoms with Gasteiger partial charge >= 0.3 is 25.7 Å². The Morgan fingerprint density at radius 3 is 1.11 bits per heavy atom. The van der Waals surface area contributed by atoms with Crippen LogP contribution in [0.25, 0.3) is 0 Å². The summed E-state index contributed by atoms with van der Waals surface area (Å²) >= 11 is 0. The first-order valence-electron chi connectivity index (χ1n) is 38.6. The third-order valence-electron chi connectivity index (χ3n) is 19.0. The van der Waals surface area contributed by atoms with Crippen molar-refractivity contribution in [1.29, 1.82) is 0 Å². The average Bonchev–Trinajstić information content (AvgIpc) is 0.763. The zero-order valence-corrected chi connectivity index (χ0v) is 61.4. The summed E-state index contributed by atoms with van der Waals surface area (Å²) in [6.45, 7) is 3.42. The van der Waals surface area contributed by atoms with Crippen LogP contribution in [0.15, 0.2) is 24.3 Å². The van der Waals surface area contributed by atoms with Crippen molar-refractivity contribution >= 4 is 25.7 Å². The lowest BCUT2D eigenvalue weighted by Crippen LogP contribution is -2.69. The summed E-state index contributed by atoms with van der Waals surface area (Å²) in [6.07, 6.45) is 16.7. The summed E-state index contributed by atoms with van der Waals surface area (Å²) in [5.41, 5.74) is 0. The van der Waals surface area contributed by atoms with Gasteiger partial charge in [-0.2, -0.15) is 0 Å². The molecule has 1 saturated carbocycles. The lowest BCUT2D eigenvalue weighted by atomic mass is 9.84. The van der Waals surface area contributed by atoms with E-state index >= 15 is 0 Å². The van der Waals surface area contributed by atoms with Crippen LogP contribution < -0.4 is 0 Å². The molecule has 2 heterocycles. The van der Waals surface area contributed by atoms with Crippen LogP contribution >= 0.6 is 7.82 Å². The molecule has 2 saturated heterocycles. The Kier molecular flexibility index (Phi) is 51.2. The fourth-order valence-corrected chi connectivity index (χ4v) is 13.6. The molecule has 11 N–H and O–H groups in total. The van der Waals surface area contributed by atoms with Gasteiger partial charge < -0.3 is 89.1 Å². The molecule has 24 nitrogen and oxygen atoms in total. The molecule has 0 aromatic carbocycles. The molecule has 0 aromatic rings. The number of hydrogen-bond acceptors (Lipinski definition) is 23. The number of rotatable bonds is 60.